The van der Waals surface area contributed by atoms with Crippen LogP contribution in [0.4, 0.5) is 10.8 Å². The van der Waals surface area contributed by atoms with Crippen molar-refractivity contribution in [2.75, 3.05) is 5.43 Å². The smallest absolute Gasteiger partial charge is 0.258 e. The van der Waals surface area contributed by atoms with Crippen molar-refractivity contribution < 1.29 is 4.92 Å². The highest BCUT2D eigenvalue weighted by atomic mass is 32.1. The Labute approximate surface area is 156 Å². The van der Waals surface area contributed by atoms with Gasteiger partial charge >= 0.3 is 0 Å². The minimum atomic E-state index is -0.398. The number of non-ortho nitro benzene ring substituents is 1. The normalized spacial score (nSPS) is 27.8. The molecule has 7 heteroatoms. The van der Waals surface area contributed by atoms with Crippen molar-refractivity contribution in [1.82, 2.24) is 4.98 Å². The van der Waals surface area contributed by atoms with Gasteiger partial charge in [0.15, 0.2) is 0 Å². The van der Waals surface area contributed by atoms with E-state index < -0.39 is 4.92 Å². The van der Waals surface area contributed by atoms with Crippen molar-refractivity contribution in [2.24, 2.45) is 21.8 Å². The van der Waals surface area contributed by atoms with Gasteiger partial charge in [-0.15, -0.1) is 11.3 Å². The number of benzene rings is 1. The van der Waals surface area contributed by atoms with E-state index in [0.717, 1.165) is 28.7 Å². The summed E-state index contributed by atoms with van der Waals surface area (Å²) in [5.41, 5.74) is 6.62. The minimum Gasteiger partial charge on any atom is -0.258 e. The van der Waals surface area contributed by atoms with Crippen LogP contribution in [0, 0.1) is 26.9 Å². The number of thiazole rings is 1. The zero-order chi connectivity index (χ0) is 18.5. The summed E-state index contributed by atoms with van der Waals surface area (Å²) >= 11 is 1.49. The SMILES string of the molecule is CC1(C)[C@@H]2CC[C@@]1(C)/C(=N/Nc1nc(-c3ccc([N+](=O)[O-])cc3)cs1)C2. The van der Waals surface area contributed by atoms with Crippen LogP contribution in [0.15, 0.2) is 34.7 Å². The fraction of sp³-hybridized carbons (Fsp3) is 0.474. The van der Waals surface area contributed by atoms with Crippen molar-refractivity contribution in [2.45, 2.75) is 40.0 Å². The zero-order valence-electron chi connectivity index (χ0n) is 15.2. The van der Waals surface area contributed by atoms with E-state index in [4.69, 9.17) is 5.10 Å². The van der Waals surface area contributed by atoms with Crippen LogP contribution >= 0.6 is 11.3 Å². The summed E-state index contributed by atoms with van der Waals surface area (Å²) in [6, 6.07) is 6.45. The highest BCUT2D eigenvalue weighted by molar-refractivity contribution is 7.14. The number of fused-ring (bicyclic) bond motifs is 2. The maximum Gasteiger partial charge on any atom is 0.269 e. The maximum absolute atomic E-state index is 10.8. The Balaban J connectivity index is 1.50. The Morgan fingerprint density at radius 1 is 1.31 bits per heavy atom. The molecular formula is C19H22N4O2S. The fourth-order valence-corrected chi connectivity index (χ4v) is 5.09. The van der Waals surface area contributed by atoms with Crippen LogP contribution in [0.5, 0.6) is 0 Å². The second-order valence-electron chi connectivity index (χ2n) is 8.01. The van der Waals surface area contributed by atoms with Crippen LogP contribution in [-0.4, -0.2) is 15.6 Å². The molecule has 0 saturated heterocycles. The third-order valence-electron chi connectivity index (χ3n) is 6.68. The first-order valence-electron chi connectivity index (χ1n) is 8.85. The van der Waals surface area contributed by atoms with Gasteiger partial charge in [-0.2, -0.15) is 5.10 Å². The van der Waals surface area contributed by atoms with E-state index in [0.29, 0.717) is 5.41 Å². The molecule has 6 nitrogen and oxygen atoms in total. The summed E-state index contributed by atoms with van der Waals surface area (Å²) in [6.07, 6.45) is 3.57. The molecule has 0 aliphatic heterocycles. The molecule has 1 aromatic heterocycles. The number of nitrogens with one attached hydrogen (secondary N) is 1. The molecule has 136 valence electrons. The van der Waals surface area contributed by atoms with Gasteiger partial charge in [-0.1, -0.05) is 20.8 Å². The molecule has 0 spiro atoms. The number of hydrazone groups is 1. The van der Waals surface area contributed by atoms with Gasteiger partial charge in [0.05, 0.1) is 10.6 Å². The van der Waals surface area contributed by atoms with Gasteiger partial charge in [0.25, 0.3) is 5.69 Å². The average molecular weight is 370 g/mol. The van der Waals surface area contributed by atoms with Gasteiger partial charge in [0, 0.05) is 34.2 Å². The van der Waals surface area contributed by atoms with Crippen LogP contribution in [0.1, 0.15) is 40.0 Å². The largest absolute Gasteiger partial charge is 0.269 e. The monoisotopic (exact) mass is 370 g/mol. The lowest BCUT2D eigenvalue weighted by atomic mass is 9.70. The van der Waals surface area contributed by atoms with E-state index in [1.54, 1.807) is 12.1 Å². The lowest BCUT2D eigenvalue weighted by molar-refractivity contribution is -0.384. The van der Waals surface area contributed by atoms with Gasteiger partial charge in [-0.25, -0.2) is 4.98 Å². The molecule has 2 atom stereocenters. The molecule has 2 saturated carbocycles. The van der Waals surface area contributed by atoms with E-state index in [1.165, 1.54) is 42.0 Å². The van der Waals surface area contributed by atoms with Crippen molar-refractivity contribution in [3.05, 3.63) is 39.8 Å². The molecule has 0 unspecified atom stereocenters. The molecule has 26 heavy (non-hydrogen) atoms. The summed E-state index contributed by atoms with van der Waals surface area (Å²) in [5, 5.41) is 18.2. The number of anilines is 1. The summed E-state index contributed by atoms with van der Waals surface area (Å²) in [7, 11) is 0. The van der Waals surface area contributed by atoms with E-state index in [2.05, 4.69) is 31.2 Å². The van der Waals surface area contributed by atoms with Gasteiger partial charge in [0.2, 0.25) is 5.13 Å². The first-order valence-corrected chi connectivity index (χ1v) is 9.72. The molecule has 2 bridgehead atoms. The molecule has 2 fully saturated rings. The predicted molar refractivity (Wildman–Crippen MR) is 104 cm³/mol. The van der Waals surface area contributed by atoms with Crippen LogP contribution in [-0.2, 0) is 0 Å². The Hall–Kier alpha value is -2.28. The van der Waals surface area contributed by atoms with Crippen LogP contribution < -0.4 is 5.43 Å². The van der Waals surface area contributed by atoms with Crippen LogP contribution in [0.2, 0.25) is 0 Å². The number of nitro benzene ring substituents is 1. The third kappa shape index (κ3) is 2.53. The molecular weight excluding hydrogens is 348 g/mol. The highest BCUT2D eigenvalue weighted by Crippen LogP contribution is 2.63. The van der Waals surface area contributed by atoms with Crippen LogP contribution in [0.25, 0.3) is 11.3 Å². The molecule has 2 aromatic rings. The average Bonchev–Trinajstić information content (AvgIpc) is 3.22. The number of nitrogens with zero attached hydrogens (tertiary/aromatic N) is 3. The number of rotatable bonds is 4. The second-order valence-corrected chi connectivity index (χ2v) is 8.86. The quantitative estimate of drug-likeness (QED) is 0.582. The van der Waals surface area contributed by atoms with Crippen molar-refractivity contribution in [3.8, 4) is 11.3 Å². The Bertz CT molecular complexity index is 887. The summed E-state index contributed by atoms with van der Waals surface area (Å²) in [4.78, 5) is 14.9. The van der Waals surface area contributed by atoms with Gasteiger partial charge in [0.1, 0.15) is 0 Å². The molecule has 2 aliphatic rings. The molecule has 4 rings (SSSR count). The summed E-state index contributed by atoms with van der Waals surface area (Å²) in [5.74, 6) is 0.722. The molecule has 1 aromatic carbocycles. The molecule has 1 heterocycles. The third-order valence-corrected chi connectivity index (χ3v) is 7.42. The number of hydrogen-bond donors (Lipinski definition) is 1. The molecule has 0 radical (unpaired) electrons. The number of hydrogen-bond acceptors (Lipinski definition) is 6. The lowest BCUT2D eigenvalue weighted by Gasteiger charge is -2.34. The van der Waals surface area contributed by atoms with E-state index in [1.807, 2.05) is 5.38 Å². The van der Waals surface area contributed by atoms with Gasteiger partial charge < -0.3 is 0 Å². The topological polar surface area (TPSA) is 80.4 Å². The summed E-state index contributed by atoms with van der Waals surface area (Å²) in [6.45, 7) is 7.07. The number of aromatic nitrogens is 1. The van der Waals surface area contributed by atoms with Crippen molar-refractivity contribution >= 4 is 27.9 Å². The zero-order valence-corrected chi connectivity index (χ0v) is 16.0. The maximum atomic E-state index is 10.8. The van der Waals surface area contributed by atoms with E-state index in [-0.39, 0.29) is 11.1 Å². The standard InChI is InChI=1S/C19H22N4O2S/c1-18(2)13-8-9-19(18,3)16(10-13)21-22-17-20-15(11-26-17)12-4-6-14(7-5-12)23(24)25/h4-7,11,13H,8-10H2,1-3H3,(H,20,22)/b21-16+/t13-,19+/m1/s1. The lowest BCUT2D eigenvalue weighted by Crippen LogP contribution is -2.32. The highest BCUT2D eigenvalue weighted by Gasteiger charge is 2.59. The Morgan fingerprint density at radius 3 is 2.62 bits per heavy atom. The van der Waals surface area contributed by atoms with E-state index in [9.17, 15) is 10.1 Å². The predicted octanol–water partition coefficient (Wildman–Crippen LogP) is 5.33. The second kappa shape index (κ2) is 5.87. The van der Waals surface area contributed by atoms with Crippen molar-refractivity contribution in [3.63, 3.8) is 0 Å². The van der Waals surface area contributed by atoms with Crippen molar-refractivity contribution in [1.29, 1.82) is 0 Å². The van der Waals surface area contributed by atoms with Gasteiger partial charge in [-0.05, 0) is 42.7 Å². The van der Waals surface area contributed by atoms with Crippen LogP contribution in [0.3, 0.4) is 0 Å². The fourth-order valence-electron chi connectivity index (χ4n) is 4.42. The molecule has 0 amide bonds. The van der Waals surface area contributed by atoms with E-state index >= 15 is 0 Å². The Kier molecular flexibility index (Phi) is 3.87. The molecule has 1 N–H and O–H groups in total. The number of nitro groups is 1. The first kappa shape index (κ1) is 17.1. The first-order chi connectivity index (χ1) is 12.3. The van der Waals surface area contributed by atoms with Gasteiger partial charge in [-0.3, -0.25) is 15.5 Å². The minimum absolute atomic E-state index is 0.0841. The molecule has 2 aliphatic carbocycles. The summed E-state index contributed by atoms with van der Waals surface area (Å²) < 4.78 is 0. The Morgan fingerprint density at radius 2 is 2.04 bits per heavy atom.